The van der Waals surface area contributed by atoms with Gasteiger partial charge in [0.1, 0.15) is 5.82 Å². The predicted molar refractivity (Wildman–Crippen MR) is 51.8 cm³/mol. The number of halogens is 2. The molecule has 0 radical (unpaired) electrons. The normalized spacial score (nSPS) is 19.6. The molecule has 0 saturated heterocycles. The molecule has 0 bridgehead atoms. The zero-order valence-electron chi connectivity index (χ0n) is 7.06. The third kappa shape index (κ3) is 1.51. The van der Waals surface area contributed by atoms with Gasteiger partial charge in [0.05, 0.1) is 10.1 Å². The zero-order valence-corrected chi connectivity index (χ0v) is 8.64. The molecule has 1 saturated carbocycles. The van der Waals surface area contributed by atoms with Crippen LogP contribution in [0, 0.1) is 5.82 Å². The Morgan fingerprint density at radius 3 is 2.54 bits per heavy atom. The summed E-state index contributed by atoms with van der Waals surface area (Å²) in [6.45, 7) is 0. The summed E-state index contributed by atoms with van der Waals surface area (Å²) >= 11 is 3.11. The van der Waals surface area contributed by atoms with Crippen molar-refractivity contribution in [2.45, 2.75) is 24.9 Å². The van der Waals surface area contributed by atoms with E-state index < -0.39 is 5.60 Å². The summed E-state index contributed by atoms with van der Waals surface area (Å²) in [6.07, 6.45) is 2.61. The predicted octanol–water partition coefficient (Wildman–Crippen LogP) is 2.96. The van der Waals surface area contributed by atoms with Crippen molar-refractivity contribution in [1.29, 1.82) is 0 Å². The van der Waals surface area contributed by atoms with Gasteiger partial charge in [0.2, 0.25) is 0 Å². The van der Waals surface area contributed by atoms with Crippen LogP contribution in [0.1, 0.15) is 24.8 Å². The van der Waals surface area contributed by atoms with Crippen molar-refractivity contribution in [1.82, 2.24) is 0 Å². The molecular weight excluding hydrogens is 235 g/mol. The zero-order chi connectivity index (χ0) is 9.47. The lowest BCUT2D eigenvalue weighted by atomic mass is 9.75. The second-order valence-corrected chi connectivity index (χ2v) is 4.37. The molecular formula is C10H10BrFO. The first kappa shape index (κ1) is 9.16. The van der Waals surface area contributed by atoms with Gasteiger partial charge in [-0.2, -0.15) is 0 Å². The van der Waals surface area contributed by atoms with Gasteiger partial charge >= 0.3 is 0 Å². The maximum absolute atomic E-state index is 12.9. The molecule has 2 rings (SSSR count). The second kappa shape index (κ2) is 3.07. The number of benzene rings is 1. The Morgan fingerprint density at radius 2 is 2.08 bits per heavy atom. The molecule has 0 atom stereocenters. The fourth-order valence-electron chi connectivity index (χ4n) is 1.59. The molecule has 1 aliphatic rings. The Hall–Kier alpha value is -0.410. The van der Waals surface area contributed by atoms with E-state index in [1.165, 1.54) is 6.07 Å². The maximum atomic E-state index is 12.9. The van der Waals surface area contributed by atoms with Gasteiger partial charge < -0.3 is 5.11 Å². The Kier molecular flexibility index (Phi) is 2.16. The molecule has 0 unspecified atom stereocenters. The first-order chi connectivity index (χ1) is 6.12. The van der Waals surface area contributed by atoms with Crippen molar-refractivity contribution in [3.05, 3.63) is 34.1 Å². The van der Waals surface area contributed by atoms with E-state index in [1.807, 2.05) is 0 Å². The molecule has 0 heterocycles. The Bertz CT molecular complexity index is 334. The number of aliphatic hydroxyl groups is 1. The third-order valence-electron chi connectivity index (χ3n) is 2.64. The molecule has 0 aromatic heterocycles. The van der Waals surface area contributed by atoms with Crippen molar-refractivity contribution < 1.29 is 9.50 Å². The minimum absolute atomic E-state index is 0.285. The van der Waals surface area contributed by atoms with Crippen LogP contribution in [0.3, 0.4) is 0 Å². The largest absolute Gasteiger partial charge is 0.385 e. The van der Waals surface area contributed by atoms with Crippen LogP contribution in [0.25, 0.3) is 0 Å². The fraction of sp³-hybridized carbons (Fsp3) is 0.400. The van der Waals surface area contributed by atoms with E-state index in [4.69, 9.17) is 0 Å². The summed E-state index contributed by atoms with van der Waals surface area (Å²) in [7, 11) is 0. The molecule has 13 heavy (non-hydrogen) atoms. The van der Waals surface area contributed by atoms with E-state index in [9.17, 15) is 9.50 Å². The molecule has 70 valence electrons. The van der Waals surface area contributed by atoms with Gasteiger partial charge in [-0.05, 0) is 52.9 Å². The third-order valence-corrected chi connectivity index (χ3v) is 3.25. The summed E-state index contributed by atoms with van der Waals surface area (Å²) in [6, 6.07) is 4.70. The maximum Gasteiger partial charge on any atom is 0.137 e. The molecule has 1 aromatic rings. The van der Waals surface area contributed by atoms with Gasteiger partial charge in [0.25, 0.3) is 0 Å². The summed E-state index contributed by atoms with van der Waals surface area (Å²) < 4.78 is 13.3. The van der Waals surface area contributed by atoms with Crippen LogP contribution in [-0.2, 0) is 5.60 Å². The van der Waals surface area contributed by atoms with Gasteiger partial charge in [0, 0.05) is 0 Å². The van der Waals surface area contributed by atoms with Crippen LogP contribution in [-0.4, -0.2) is 5.11 Å². The standard InChI is InChI=1S/C10H10BrFO/c11-8-6-7(2-3-9(8)12)10(13)4-1-5-10/h2-3,6,13H,1,4-5H2. The van der Waals surface area contributed by atoms with E-state index in [0.29, 0.717) is 4.47 Å². The van der Waals surface area contributed by atoms with Crippen LogP contribution in [0.15, 0.2) is 22.7 Å². The molecule has 0 amide bonds. The van der Waals surface area contributed by atoms with Crippen molar-refractivity contribution in [3.63, 3.8) is 0 Å². The van der Waals surface area contributed by atoms with Gasteiger partial charge in [0.15, 0.2) is 0 Å². The second-order valence-electron chi connectivity index (χ2n) is 3.51. The first-order valence-electron chi connectivity index (χ1n) is 4.30. The molecule has 1 aromatic carbocycles. The molecule has 0 aliphatic heterocycles. The molecule has 1 nitrogen and oxygen atoms in total. The molecule has 1 N–H and O–H groups in total. The van der Waals surface area contributed by atoms with Crippen LogP contribution in [0.5, 0.6) is 0 Å². The number of rotatable bonds is 1. The Morgan fingerprint density at radius 1 is 1.38 bits per heavy atom. The summed E-state index contributed by atoms with van der Waals surface area (Å²) in [5.41, 5.74) is 0.114. The molecule has 1 aliphatic carbocycles. The molecule has 0 spiro atoms. The summed E-state index contributed by atoms with van der Waals surface area (Å²) in [4.78, 5) is 0. The van der Waals surface area contributed by atoms with Crippen LogP contribution in [0.4, 0.5) is 4.39 Å². The van der Waals surface area contributed by atoms with E-state index in [0.717, 1.165) is 24.8 Å². The van der Waals surface area contributed by atoms with E-state index in [1.54, 1.807) is 12.1 Å². The summed E-state index contributed by atoms with van der Waals surface area (Å²) in [5.74, 6) is -0.285. The average molecular weight is 245 g/mol. The smallest absolute Gasteiger partial charge is 0.137 e. The quantitative estimate of drug-likeness (QED) is 0.806. The SMILES string of the molecule is OC1(c2ccc(F)c(Br)c2)CCC1. The first-order valence-corrected chi connectivity index (χ1v) is 5.09. The summed E-state index contributed by atoms with van der Waals surface area (Å²) in [5, 5.41) is 9.95. The number of hydrogen-bond acceptors (Lipinski definition) is 1. The van der Waals surface area contributed by atoms with Crippen LogP contribution < -0.4 is 0 Å². The molecule has 3 heteroatoms. The lowest BCUT2D eigenvalue weighted by molar-refractivity contribution is -0.0388. The highest BCUT2D eigenvalue weighted by Crippen LogP contribution is 2.41. The van der Waals surface area contributed by atoms with Crippen LogP contribution >= 0.6 is 15.9 Å². The highest BCUT2D eigenvalue weighted by molar-refractivity contribution is 9.10. The van der Waals surface area contributed by atoms with Crippen molar-refractivity contribution in [2.75, 3.05) is 0 Å². The van der Waals surface area contributed by atoms with E-state index in [2.05, 4.69) is 15.9 Å². The van der Waals surface area contributed by atoms with Gasteiger partial charge in [-0.1, -0.05) is 6.07 Å². The van der Waals surface area contributed by atoms with Crippen molar-refractivity contribution in [3.8, 4) is 0 Å². The highest BCUT2D eigenvalue weighted by atomic mass is 79.9. The lowest BCUT2D eigenvalue weighted by Gasteiger charge is -2.37. The lowest BCUT2D eigenvalue weighted by Crippen LogP contribution is -2.33. The number of hydrogen-bond donors (Lipinski definition) is 1. The van der Waals surface area contributed by atoms with Gasteiger partial charge in [-0.15, -0.1) is 0 Å². The monoisotopic (exact) mass is 244 g/mol. The minimum atomic E-state index is -0.698. The van der Waals surface area contributed by atoms with E-state index in [-0.39, 0.29) is 5.82 Å². The van der Waals surface area contributed by atoms with E-state index >= 15 is 0 Å². The van der Waals surface area contributed by atoms with Crippen molar-refractivity contribution >= 4 is 15.9 Å². The van der Waals surface area contributed by atoms with Gasteiger partial charge in [-0.25, -0.2) is 4.39 Å². The highest BCUT2D eigenvalue weighted by Gasteiger charge is 2.36. The van der Waals surface area contributed by atoms with Crippen LogP contribution in [0.2, 0.25) is 0 Å². The average Bonchev–Trinajstić information content (AvgIpc) is 2.06. The fourth-order valence-corrected chi connectivity index (χ4v) is 1.96. The Labute approximate surface area is 84.7 Å². The van der Waals surface area contributed by atoms with Crippen molar-refractivity contribution in [2.24, 2.45) is 0 Å². The topological polar surface area (TPSA) is 20.2 Å². The minimum Gasteiger partial charge on any atom is -0.385 e. The Balaban J connectivity index is 2.36. The van der Waals surface area contributed by atoms with Gasteiger partial charge in [-0.3, -0.25) is 0 Å². The molecule has 1 fully saturated rings.